The molecule has 0 radical (unpaired) electrons. The molecule has 4 rings (SSSR count). The van der Waals surface area contributed by atoms with Gasteiger partial charge in [0.15, 0.2) is 10.8 Å². The van der Waals surface area contributed by atoms with Crippen LogP contribution in [0.15, 0.2) is 18.2 Å². The summed E-state index contributed by atoms with van der Waals surface area (Å²) in [7, 11) is 1.65. The van der Waals surface area contributed by atoms with Crippen LogP contribution in [-0.2, 0) is 11.3 Å². The summed E-state index contributed by atoms with van der Waals surface area (Å²) in [5.41, 5.74) is 3.36. The van der Waals surface area contributed by atoms with E-state index in [9.17, 15) is 4.79 Å². The summed E-state index contributed by atoms with van der Waals surface area (Å²) >= 11 is 1.53. The molecule has 1 fully saturated rings. The lowest BCUT2D eigenvalue weighted by atomic mass is 10.2. The summed E-state index contributed by atoms with van der Waals surface area (Å²) in [4.78, 5) is 22.6. The van der Waals surface area contributed by atoms with E-state index in [0.29, 0.717) is 17.4 Å². The molecule has 0 N–H and O–H groups in total. The highest BCUT2D eigenvalue weighted by Crippen LogP contribution is 2.36. The van der Waals surface area contributed by atoms with Gasteiger partial charge in [-0.1, -0.05) is 17.4 Å². The summed E-state index contributed by atoms with van der Waals surface area (Å²) in [6, 6.07) is 5.82. The largest absolute Gasteiger partial charge is 0.494 e. The lowest BCUT2D eigenvalue weighted by molar-refractivity contribution is 0.0376. The van der Waals surface area contributed by atoms with Crippen LogP contribution in [0.1, 0.15) is 35.1 Å². The molecule has 1 aromatic carbocycles. The molecule has 3 aromatic rings. The van der Waals surface area contributed by atoms with Crippen molar-refractivity contribution < 1.29 is 14.3 Å². The van der Waals surface area contributed by atoms with Crippen LogP contribution in [0.2, 0.25) is 0 Å². The number of aromatic nitrogens is 3. The van der Waals surface area contributed by atoms with Crippen LogP contribution in [0.25, 0.3) is 10.2 Å². The first-order valence-corrected chi connectivity index (χ1v) is 11.9. The minimum absolute atomic E-state index is 0. The van der Waals surface area contributed by atoms with Crippen LogP contribution < -0.4 is 9.64 Å². The van der Waals surface area contributed by atoms with Gasteiger partial charge >= 0.3 is 0 Å². The number of ether oxygens (including phenoxy) is 2. The average molecular weight is 494 g/mol. The van der Waals surface area contributed by atoms with Gasteiger partial charge in [0, 0.05) is 38.4 Å². The van der Waals surface area contributed by atoms with Crippen LogP contribution in [0.4, 0.5) is 5.13 Å². The quantitative estimate of drug-likeness (QED) is 0.473. The standard InChI is InChI=1S/C23H31N5O3S.ClH/c1-5-28-17(3)15-18(25-28)22(29)27(10-6-9-26-11-13-31-14-12-26)23-24-20-19(30-4)8-7-16(2)21(20)32-23;/h7-8,15H,5-6,9-14H2,1-4H3;1H. The number of fused-ring (bicyclic) bond motifs is 1. The molecule has 0 saturated carbocycles. The number of carbonyl (C=O) groups excluding carboxylic acids is 1. The molecule has 1 aliphatic rings. The maximum Gasteiger partial charge on any atom is 0.280 e. The Morgan fingerprint density at radius 1 is 1.27 bits per heavy atom. The summed E-state index contributed by atoms with van der Waals surface area (Å²) in [5, 5.41) is 5.21. The van der Waals surface area contributed by atoms with E-state index in [-0.39, 0.29) is 18.3 Å². The van der Waals surface area contributed by atoms with Gasteiger partial charge in [-0.25, -0.2) is 4.98 Å². The van der Waals surface area contributed by atoms with Crippen molar-refractivity contribution in [3.63, 3.8) is 0 Å². The first-order chi connectivity index (χ1) is 15.5. The number of hydrogen-bond acceptors (Lipinski definition) is 7. The van der Waals surface area contributed by atoms with Gasteiger partial charge in [0.25, 0.3) is 5.91 Å². The second-order valence-corrected chi connectivity index (χ2v) is 8.99. The Labute approximate surface area is 204 Å². The zero-order valence-corrected chi connectivity index (χ0v) is 21.3. The van der Waals surface area contributed by atoms with E-state index in [0.717, 1.165) is 73.0 Å². The van der Waals surface area contributed by atoms with E-state index >= 15 is 0 Å². The number of nitrogens with zero attached hydrogens (tertiary/aromatic N) is 5. The molecule has 8 nitrogen and oxygen atoms in total. The molecule has 1 amide bonds. The number of aryl methyl sites for hydroxylation is 3. The van der Waals surface area contributed by atoms with E-state index in [1.165, 1.54) is 11.3 Å². The number of benzene rings is 1. The average Bonchev–Trinajstić information content (AvgIpc) is 3.42. The number of morpholine rings is 1. The van der Waals surface area contributed by atoms with Crippen molar-refractivity contribution in [2.45, 2.75) is 33.7 Å². The minimum Gasteiger partial charge on any atom is -0.494 e. The molecule has 0 atom stereocenters. The molecular weight excluding hydrogens is 462 g/mol. The first-order valence-electron chi connectivity index (χ1n) is 11.1. The normalized spacial score (nSPS) is 14.3. The molecule has 33 heavy (non-hydrogen) atoms. The van der Waals surface area contributed by atoms with Gasteiger partial charge in [0.1, 0.15) is 11.3 Å². The maximum absolute atomic E-state index is 13.6. The summed E-state index contributed by atoms with van der Waals surface area (Å²) in [5.74, 6) is 0.609. The molecule has 0 unspecified atom stereocenters. The van der Waals surface area contributed by atoms with Gasteiger partial charge in [-0.15, -0.1) is 12.4 Å². The van der Waals surface area contributed by atoms with Gasteiger partial charge in [-0.05, 0) is 44.9 Å². The molecule has 1 aliphatic heterocycles. The third-order valence-corrected chi connectivity index (χ3v) is 7.06. The SMILES string of the molecule is CCn1nc(C(=O)N(CCCN2CCOCC2)c2nc3c(OC)ccc(C)c3s2)cc1C.Cl. The van der Waals surface area contributed by atoms with Crippen molar-refractivity contribution in [3.05, 3.63) is 35.2 Å². The van der Waals surface area contributed by atoms with Gasteiger partial charge < -0.3 is 9.47 Å². The zero-order valence-electron chi connectivity index (χ0n) is 19.7. The van der Waals surface area contributed by atoms with Crippen molar-refractivity contribution in [1.29, 1.82) is 0 Å². The molecule has 10 heteroatoms. The second-order valence-electron chi connectivity index (χ2n) is 8.01. The molecule has 0 spiro atoms. The fraction of sp³-hybridized carbons (Fsp3) is 0.522. The third-order valence-electron chi connectivity index (χ3n) is 5.85. The highest BCUT2D eigenvalue weighted by molar-refractivity contribution is 7.22. The predicted molar refractivity (Wildman–Crippen MR) is 134 cm³/mol. The zero-order chi connectivity index (χ0) is 22.7. The summed E-state index contributed by atoms with van der Waals surface area (Å²) < 4.78 is 13.9. The van der Waals surface area contributed by atoms with Gasteiger partial charge in [-0.3, -0.25) is 19.3 Å². The molecule has 1 saturated heterocycles. The van der Waals surface area contributed by atoms with Crippen LogP contribution in [0, 0.1) is 13.8 Å². The predicted octanol–water partition coefficient (Wildman–Crippen LogP) is 3.93. The van der Waals surface area contributed by atoms with Gasteiger partial charge in [0.2, 0.25) is 0 Å². The van der Waals surface area contributed by atoms with Crippen molar-refractivity contribution in [3.8, 4) is 5.75 Å². The molecule has 0 aliphatic carbocycles. The summed E-state index contributed by atoms with van der Waals surface area (Å²) in [6.07, 6.45) is 0.852. The second kappa shape index (κ2) is 11.3. The topological polar surface area (TPSA) is 72.7 Å². The lowest BCUT2D eigenvalue weighted by Gasteiger charge is -2.27. The van der Waals surface area contributed by atoms with Crippen LogP contribution in [-0.4, -0.2) is 72.1 Å². The number of methoxy groups -OCH3 is 1. The Kier molecular flexibility index (Phi) is 8.69. The molecule has 3 heterocycles. The van der Waals surface area contributed by atoms with Gasteiger partial charge in [-0.2, -0.15) is 5.10 Å². The van der Waals surface area contributed by atoms with Crippen molar-refractivity contribution >= 4 is 45.0 Å². The highest BCUT2D eigenvalue weighted by Gasteiger charge is 2.25. The van der Waals surface area contributed by atoms with Crippen LogP contribution in [0.3, 0.4) is 0 Å². The number of thiazole rings is 1. The van der Waals surface area contributed by atoms with Crippen molar-refractivity contribution in [2.24, 2.45) is 0 Å². The smallest absolute Gasteiger partial charge is 0.280 e. The van der Waals surface area contributed by atoms with E-state index < -0.39 is 0 Å². The van der Waals surface area contributed by atoms with E-state index in [1.54, 1.807) is 12.0 Å². The molecule has 2 aromatic heterocycles. The number of amides is 1. The monoisotopic (exact) mass is 493 g/mol. The maximum atomic E-state index is 13.6. The Morgan fingerprint density at radius 3 is 2.70 bits per heavy atom. The number of hydrogen-bond donors (Lipinski definition) is 0. The number of anilines is 1. The summed E-state index contributed by atoms with van der Waals surface area (Å²) in [6.45, 7) is 11.7. The van der Waals surface area contributed by atoms with Crippen LogP contribution in [0.5, 0.6) is 5.75 Å². The molecule has 180 valence electrons. The minimum atomic E-state index is -0.113. The Balaban J connectivity index is 0.00000306. The van der Waals surface area contributed by atoms with E-state index in [1.807, 2.05) is 36.7 Å². The van der Waals surface area contributed by atoms with Crippen molar-refractivity contribution in [2.75, 3.05) is 51.4 Å². The van der Waals surface area contributed by atoms with Gasteiger partial charge in [0.05, 0.1) is 25.0 Å². The molecule has 0 bridgehead atoms. The van der Waals surface area contributed by atoms with Crippen molar-refractivity contribution in [1.82, 2.24) is 19.7 Å². The lowest BCUT2D eigenvalue weighted by Crippen LogP contribution is -2.39. The number of carbonyl (C=O) groups is 1. The highest BCUT2D eigenvalue weighted by atomic mass is 35.5. The Morgan fingerprint density at radius 2 is 2.03 bits per heavy atom. The Bertz CT molecular complexity index is 1090. The third kappa shape index (κ3) is 5.48. The van der Waals surface area contributed by atoms with E-state index in [4.69, 9.17) is 14.5 Å². The number of halogens is 1. The first kappa shape index (κ1) is 25.4. The fourth-order valence-corrected chi connectivity index (χ4v) is 5.09. The Hall–Kier alpha value is -2.20. The number of rotatable bonds is 8. The van der Waals surface area contributed by atoms with E-state index in [2.05, 4.69) is 16.9 Å². The molecular formula is C23H32ClN5O3S. The van der Waals surface area contributed by atoms with Crippen LogP contribution >= 0.6 is 23.7 Å². The fourth-order valence-electron chi connectivity index (χ4n) is 4.01.